The van der Waals surface area contributed by atoms with Gasteiger partial charge in [-0.05, 0) is 0 Å². The minimum absolute atomic E-state index is 0.0889. The number of carbonyl (C=O) groups excluding carboxylic acids is 1. The van der Waals surface area contributed by atoms with Crippen LogP contribution in [0.3, 0.4) is 0 Å². The van der Waals surface area contributed by atoms with Gasteiger partial charge in [-0.15, -0.1) is 0 Å². The normalized spacial score (nSPS) is 10.1. The van der Waals surface area contributed by atoms with Crippen molar-refractivity contribution >= 4 is 11.9 Å². The van der Waals surface area contributed by atoms with Crippen molar-refractivity contribution in [2.75, 3.05) is 0 Å². The Labute approximate surface area is 94.6 Å². The van der Waals surface area contributed by atoms with Gasteiger partial charge in [0.2, 0.25) is 5.76 Å². The van der Waals surface area contributed by atoms with E-state index in [0.717, 1.165) is 6.07 Å². The van der Waals surface area contributed by atoms with Gasteiger partial charge in [-0.1, -0.05) is 5.16 Å². The average molecular weight is 236 g/mol. The standard InChI is InChI=1S/C9H8N4O4/c14-8(12-4-7-10-1-2-11-7)5-3-6(9(15)16)17-13-5/h1-3H,4H2,(H,10,11)(H,12,14)(H,15,16). The van der Waals surface area contributed by atoms with Crippen LogP contribution in [0, 0.1) is 0 Å². The maximum Gasteiger partial charge on any atom is 0.374 e. The fourth-order valence-electron chi connectivity index (χ4n) is 1.13. The number of nitrogens with one attached hydrogen (secondary N) is 2. The zero-order valence-corrected chi connectivity index (χ0v) is 8.51. The first-order chi connectivity index (χ1) is 8.16. The maximum atomic E-state index is 11.5. The molecule has 0 aromatic carbocycles. The Morgan fingerprint density at radius 1 is 1.53 bits per heavy atom. The highest BCUT2D eigenvalue weighted by molar-refractivity contribution is 5.94. The zero-order chi connectivity index (χ0) is 12.3. The molecule has 0 unspecified atom stereocenters. The lowest BCUT2D eigenvalue weighted by molar-refractivity contribution is 0.0651. The number of carboxylic acids is 1. The van der Waals surface area contributed by atoms with Crippen molar-refractivity contribution in [1.29, 1.82) is 0 Å². The van der Waals surface area contributed by atoms with Crippen LogP contribution in [0.15, 0.2) is 23.0 Å². The topological polar surface area (TPSA) is 121 Å². The number of rotatable bonds is 4. The van der Waals surface area contributed by atoms with Crippen LogP contribution in [0.1, 0.15) is 26.9 Å². The van der Waals surface area contributed by atoms with Gasteiger partial charge in [0.15, 0.2) is 5.69 Å². The predicted molar refractivity (Wildman–Crippen MR) is 53.2 cm³/mol. The van der Waals surface area contributed by atoms with Crippen molar-refractivity contribution in [2.24, 2.45) is 0 Å². The number of nitrogens with zero attached hydrogens (tertiary/aromatic N) is 2. The molecule has 0 saturated heterocycles. The van der Waals surface area contributed by atoms with Gasteiger partial charge in [-0.3, -0.25) is 4.79 Å². The Kier molecular flexibility index (Phi) is 2.86. The Hall–Kier alpha value is -2.64. The molecule has 1 amide bonds. The van der Waals surface area contributed by atoms with Crippen LogP contribution in [-0.2, 0) is 6.54 Å². The molecule has 2 rings (SSSR count). The van der Waals surface area contributed by atoms with Crippen molar-refractivity contribution in [3.8, 4) is 0 Å². The Bertz CT molecular complexity index is 531. The molecule has 2 aromatic heterocycles. The van der Waals surface area contributed by atoms with Gasteiger partial charge in [-0.25, -0.2) is 9.78 Å². The van der Waals surface area contributed by atoms with E-state index in [1.807, 2.05) is 0 Å². The number of hydrogen-bond donors (Lipinski definition) is 3. The van der Waals surface area contributed by atoms with E-state index in [2.05, 4.69) is 25.0 Å². The summed E-state index contributed by atoms with van der Waals surface area (Å²) in [6, 6.07) is 1.06. The minimum Gasteiger partial charge on any atom is -0.475 e. The Balaban J connectivity index is 1.97. The number of carboxylic acid groups (broad SMARTS) is 1. The molecule has 0 fully saturated rings. The monoisotopic (exact) mass is 236 g/mol. The molecule has 3 N–H and O–H groups in total. The first kappa shape index (κ1) is 10.9. The Morgan fingerprint density at radius 2 is 2.35 bits per heavy atom. The molecule has 0 aliphatic carbocycles. The minimum atomic E-state index is -1.28. The SMILES string of the molecule is O=C(NCc1ncc[nH]1)c1cc(C(=O)O)on1. The average Bonchev–Trinajstić information content (AvgIpc) is 2.96. The fraction of sp³-hybridized carbons (Fsp3) is 0.111. The van der Waals surface area contributed by atoms with E-state index in [4.69, 9.17) is 5.11 Å². The van der Waals surface area contributed by atoms with E-state index >= 15 is 0 Å². The summed E-state index contributed by atoms with van der Waals surface area (Å²) in [5, 5.41) is 14.4. The number of carbonyl (C=O) groups is 2. The quantitative estimate of drug-likeness (QED) is 0.688. The molecule has 0 aliphatic heterocycles. The molecule has 0 spiro atoms. The molecule has 0 saturated carbocycles. The second-order valence-corrected chi connectivity index (χ2v) is 3.10. The number of amides is 1. The molecule has 0 bridgehead atoms. The Morgan fingerprint density at radius 3 is 2.94 bits per heavy atom. The number of hydrogen-bond acceptors (Lipinski definition) is 5. The number of H-pyrrole nitrogens is 1. The lowest BCUT2D eigenvalue weighted by Crippen LogP contribution is -2.23. The van der Waals surface area contributed by atoms with E-state index in [9.17, 15) is 9.59 Å². The highest BCUT2D eigenvalue weighted by Gasteiger charge is 2.16. The number of aromatic carboxylic acids is 1. The molecule has 0 radical (unpaired) electrons. The first-order valence-corrected chi connectivity index (χ1v) is 4.63. The van der Waals surface area contributed by atoms with Gasteiger partial charge < -0.3 is 19.9 Å². The molecular weight excluding hydrogens is 228 g/mol. The highest BCUT2D eigenvalue weighted by Crippen LogP contribution is 2.03. The molecule has 88 valence electrons. The van der Waals surface area contributed by atoms with Gasteiger partial charge in [0.05, 0.1) is 6.54 Å². The summed E-state index contributed by atoms with van der Waals surface area (Å²) < 4.78 is 4.45. The molecule has 8 heteroatoms. The van der Waals surface area contributed by atoms with Crippen LogP contribution >= 0.6 is 0 Å². The summed E-state index contributed by atoms with van der Waals surface area (Å²) in [6.07, 6.45) is 3.18. The second-order valence-electron chi connectivity index (χ2n) is 3.10. The van der Waals surface area contributed by atoms with E-state index in [1.54, 1.807) is 12.4 Å². The van der Waals surface area contributed by atoms with Gasteiger partial charge in [-0.2, -0.15) is 0 Å². The second kappa shape index (κ2) is 4.47. The maximum absolute atomic E-state index is 11.5. The van der Waals surface area contributed by atoms with Crippen molar-refractivity contribution in [2.45, 2.75) is 6.54 Å². The van der Waals surface area contributed by atoms with Crippen molar-refractivity contribution < 1.29 is 19.2 Å². The van der Waals surface area contributed by atoms with E-state index < -0.39 is 11.9 Å². The van der Waals surface area contributed by atoms with Crippen molar-refractivity contribution in [3.63, 3.8) is 0 Å². The number of aromatic nitrogens is 3. The lowest BCUT2D eigenvalue weighted by Gasteiger charge is -1.98. The van der Waals surface area contributed by atoms with E-state index in [0.29, 0.717) is 5.82 Å². The lowest BCUT2D eigenvalue weighted by atomic mass is 10.3. The van der Waals surface area contributed by atoms with Crippen LogP contribution < -0.4 is 5.32 Å². The van der Waals surface area contributed by atoms with Gasteiger partial charge in [0, 0.05) is 18.5 Å². The summed E-state index contributed by atoms with van der Waals surface area (Å²) >= 11 is 0. The van der Waals surface area contributed by atoms with Crippen LogP contribution in [-0.4, -0.2) is 32.1 Å². The van der Waals surface area contributed by atoms with Crippen LogP contribution in [0.5, 0.6) is 0 Å². The molecule has 2 aromatic rings. The zero-order valence-electron chi connectivity index (χ0n) is 8.51. The molecule has 8 nitrogen and oxygen atoms in total. The molecule has 17 heavy (non-hydrogen) atoms. The van der Waals surface area contributed by atoms with Crippen LogP contribution in [0.25, 0.3) is 0 Å². The summed E-state index contributed by atoms with van der Waals surface area (Å²) in [5.74, 6) is -1.60. The third-order valence-electron chi connectivity index (χ3n) is 1.92. The van der Waals surface area contributed by atoms with Gasteiger partial charge in [0.25, 0.3) is 5.91 Å². The van der Waals surface area contributed by atoms with Crippen LogP contribution in [0.2, 0.25) is 0 Å². The predicted octanol–water partition coefficient (Wildman–Crippen LogP) is 0.0259. The van der Waals surface area contributed by atoms with E-state index in [-0.39, 0.29) is 18.0 Å². The summed E-state index contributed by atoms with van der Waals surface area (Å²) in [7, 11) is 0. The molecule has 0 atom stereocenters. The van der Waals surface area contributed by atoms with Crippen LogP contribution in [0.4, 0.5) is 0 Å². The molecular formula is C9H8N4O4. The van der Waals surface area contributed by atoms with E-state index in [1.165, 1.54) is 0 Å². The smallest absolute Gasteiger partial charge is 0.374 e. The molecule has 2 heterocycles. The van der Waals surface area contributed by atoms with Gasteiger partial charge in [0.1, 0.15) is 5.82 Å². The summed E-state index contributed by atoms with van der Waals surface area (Å²) in [4.78, 5) is 28.7. The van der Waals surface area contributed by atoms with Crippen molar-refractivity contribution in [1.82, 2.24) is 20.4 Å². The molecule has 0 aliphatic rings. The first-order valence-electron chi connectivity index (χ1n) is 4.63. The third kappa shape index (κ3) is 2.48. The van der Waals surface area contributed by atoms with Crippen molar-refractivity contribution in [3.05, 3.63) is 35.7 Å². The largest absolute Gasteiger partial charge is 0.475 e. The highest BCUT2D eigenvalue weighted by atomic mass is 16.5. The number of imidazole rings is 1. The number of aromatic amines is 1. The summed E-state index contributed by atoms with van der Waals surface area (Å²) in [5.41, 5.74) is -0.0889. The van der Waals surface area contributed by atoms with Gasteiger partial charge >= 0.3 is 5.97 Å². The third-order valence-corrected chi connectivity index (χ3v) is 1.92. The summed E-state index contributed by atoms with van der Waals surface area (Å²) in [6.45, 7) is 0.196. The fourth-order valence-corrected chi connectivity index (χ4v) is 1.13.